The molecule has 3 heterocycles. The van der Waals surface area contributed by atoms with Crippen molar-refractivity contribution in [3.8, 4) is 5.75 Å². The van der Waals surface area contributed by atoms with Gasteiger partial charge in [0.15, 0.2) is 0 Å². The first-order valence-corrected chi connectivity index (χ1v) is 13.3. The van der Waals surface area contributed by atoms with Gasteiger partial charge in [0.2, 0.25) is 11.9 Å². The molecule has 1 aliphatic carbocycles. The summed E-state index contributed by atoms with van der Waals surface area (Å²) in [4.78, 5) is 25.0. The molecule has 36 heavy (non-hydrogen) atoms. The molecule has 2 aliphatic heterocycles. The van der Waals surface area contributed by atoms with E-state index < -0.39 is 5.60 Å². The van der Waals surface area contributed by atoms with E-state index in [1.54, 1.807) is 43.3 Å². The van der Waals surface area contributed by atoms with Gasteiger partial charge in [-0.3, -0.25) is 4.79 Å². The van der Waals surface area contributed by atoms with Gasteiger partial charge in [0.25, 0.3) is 0 Å². The zero-order valence-electron chi connectivity index (χ0n) is 21.3. The summed E-state index contributed by atoms with van der Waals surface area (Å²) in [5.41, 5.74) is 0.230. The summed E-state index contributed by atoms with van der Waals surface area (Å²) >= 11 is 0. The van der Waals surface area contributed by atoms with E-state index in [4.69, 9.17) is 4.74 Å². The topological polar surface area (TPSA) is 78.8 Å². The minimum atomic E-state index is -0.929. The molecule has 0 radical (unpaired) electrons. The van der Waals surface area contributed by atoms with E-state index in [1.807, 2.05) is 0 Å². The second-order valence-electron chi connectivity index (χ2n) is 11.1. The number of carbonyl (C=O) groups is 1. The van der Waals surface area contributed by atoms with Gasteiger partial charge in [-0.2, -0.15) is 0 Å². The molecule has 1 aromatic heterocycles. The molecule has 0 spiro atoms. The third kappa shape index (κ3) is 5.80. The fourth-order valence-corrected chi connectivity index (χ4v) is 5.44. The predicted molar refractivity (Wildman–Crippen MR) is 135 cm³/mol. The number of carbonyl (C=O) groups excluding carboxylic acids is 1. The van der Waals surface area contributed by atoms with E-state index in [0.29, 0.717) is 23.8 Å². The number of benzene rings is 1. The molecule has 1 amide bonds. The van der Waals surface area contributed by atoms with Crippen LogP contribution in [0.2, 0.25) is 0 Å². The molecule has 0 bridgehead atoms. The smallest absolute Gasteiger partial charge is 0.227 e. The van der Waals surface area contributed by atoms with Crippen molar-refractivity contribution >= 4 is 11.9 Å². The van der Waals surface area contributed by atoms with Crippen LogP contribution >= 0.6 is 0 Å². The molecule has 1 aromatic carbocycles. The first-order chi connectivity index (χ1) is 17.3. The number of anilines is 1. The van der Waals surface area contributed by atoms with Crippen LogP contribution in [-0.2, 0) is 16.8 Å². The number of hydrogen-bond acceptors (Lipinski definition) is 6. The lowest BCUT2D eigenvalue weighted by atomic mass is 9.90. The highest BCUT2D eigenvalue weighted by molar-refractivity contribution is 5.79. The van der Waals surface area contributed by atoms with E-state index in [-0.39, 0.29) is 18.1 Å². The number of amides is 1. The molecule has 1 saturated carbocycles. The zero-order valence-corrected chi connectivity index (χ0v) is 21.3. The minimum absolute atomic E-state index is 0.00408. The van der Waals surface area contributed by atoms with Crippen molar-refractivity contribution in [3.05, 3.63) is 47.5 Å². The third-order valence-electron chi connectivity index (χ3n) is 8.08. The van der Waals surface area contributed by atoms with Crippen LogP contribution < -0.4 is 9.64 Å². The maximum atomic E-state index is 14.5. The standard InChI is InChI=1S/C28H37FN4O3/c1-28(2,35)22-17-30-27(31-18-22)33-11-6-19(7-12-33)24-14-20(24)8-13-36-23-5-4-21(25(29)16-23)15-26(34)32-9-3-10-32/h4-5,16-20,24,35H,3,6-15H2,1-2H3. The van der Waals surface area contributed by atoms with E-state index in [9.17, 15) is 14.3 Å². The van der Waals surface area contributed by atoms with Crippen LogP contribution in [0.3, 0.4) is 0 Å². The molecule has 8 heteroatoms. The zero-order chi connectivity index (χ0) is 25.3. The molecule has 7 nitrogen and oxygen atoms in total. The van der Waals surface area contributed by atoms with Crippen LogP contribution in [0.4, 0.5) is 10.3 Å². The van der Waals surface area contributed by atoms with Crippen molar-refractivity contribution in [2.75, 3.05) is 37.7 Å². The van der Waals surface area contributed by atoms with Crippen LogP contribution in [0.25, 0.3) is 0 Å². The van der Waals surface area contributed by atoms with Gasteiger partial charge in [-0.25, -0.2) is 14.4 Å². The molecule has 2 aromatic rings. The van der Waals surface area contributed by atoms with Crippen molar-refractivity contribution in [2.45, 2.75) is 58.0 Å². The molecule has 3 fully saturated rings. The molecule has 2 saturated heterocycles. The lowest BCUT2D eigenvalue weighted by Gasteiger charge is -2.32. The number of aromatic nitrogens is 2. The molecular weight excluding hydrogens is 459 g/mol. The van der Waals surface area contributed by atoms with Gasteiger partial charge in [-0.1, -0.05) is 6.07 Å². The number of piperidine rings is 1. The quantitative estimate of drug-likeness (QED) is 0.567. The Morgan fingerprint density at radius 3 is 2.50 bits per heavy atom. The second-order valence-corrected chi connectivity index (χ2v) is 11.1. The van der Waals surface area contributed by atoms with Gasteiger partial charge in [0.05, 0.1) is 18.6 Å². The van der Waals surface area contributed by atoms with Crippen molar-refractivity contribution < 1.29 is 19.0 Å². The predicted octanol–water partition coefficient (Wildman–Crippen LogP) is 3.94. The number of nitrogens with zero attached hydrogens (tertiary/aromatic N) is 4. The average molecular weight is 497 g/mol. The monoisotopic (exact) mass is 496 g/mol. The molecule has 1 N–H and O–H groups in total. The largest absolute Gasteiger partial charge is 0.493 e. The maximum absolute atomic E-state index is 14.5. The number of likely N-dealkylation sites (tertiary alicyclic amines) is 1. The van der Waals surface area contributed by atoms with Gasteiger partial charge in [0.1, 0.15) is 11.6 Å². The number of hydrogen-bond donors (Lipinski definition) is 1. The Labute approximate surface area is 212 Å². The lowest BCUT2D eigenvalue weighted by molar-refractivity contribution is -0.133. The second kappa shape index (κ2) is 10.3. The van der Waals surface area contributed by atoms with Crippen LogP contribution in [0.15, 0.2) is 30.6 Å². The summed E-state index contributed by atoms with van der Waals surface area (Å²) < 4.78 is 20.3. The Morgan fingerprint density at radius 1 is 1.17 bits per heavy atom. The summed E-state index contributed by atoms with van der Waals surface area (Å²) in [6.45, 7) is 7.55. The van der Waals surface area contributed by atoms with Crippen molar-refractivity contribution in [1.29, 1.82) is 0 Å². The highest BCUT2D eigenvalue weighted by atomic mass is 19.1. The van der Waals surface area contributed by atoms with Gasteiger partial charge in [0, 0.05) is 50.2 Å². The Hall–Kier alpha value is -2.74. The Bertz CT molecular complexity index is 1060. The molecule has 5 rings (SSSR count). The number of aliphatic hydroxyl groups is 1. The summed E-state index contributed by atoms with van der Waals surface area (Å²) in [6.07, 6.45) is 9.11. The van der Waals surface area contributed by atoms with Crippen LogP contribution in [0.1, 0.15) is 57.1 Å². The van der Waals surface area contributed by atoms with Gasteiger partial charge < -0.3 is 19.6 Å². The fraction of sp³-hybridized carbons (Fsp3) is 0.607. The van der Waals surface area contributed by atoms with Gasteiger partial charge in [-0.15, -0.1) is 0 Å². The first kappa shape index (κ1) is 24.9. The minimum Gasteiger partial charge on any atom is -0.493 e. The Kier molecular flexibility index (Phi) is 7.15. The number of halogens is 1. The maximum Gasteiger partial charge on any atom is 0.227 e. The first-order valence-electron chi connectivity index (χ1n) is 13.3. The van der Waals surface area contributed by atoms with Crippen molar-refractivity contribution in [1.82, 2.24) is 14.9 Å². The van der Waals surface area contributed by atoms with E-state index in [1.165, 1.54) is 12.5 Å². The summed E-state index contributed by atoms with van der Waals surface area (Å²) in [5.74, 6) is 3.07. The van der Waals surface area contributed by atoms with E-state index in [0.717, 1.165) is 75.2 Å². The summed E-state index contributed by atoms with van der Waals surface area (Å²) in [7, 11) is 0. The van der Waals surface area contributed by atoms with Crippen LogP contribution in [0.5, 0.6) is 5.75 Å². The summed E-state index contributed by atoms with van der Waals surface area (Å²) in [6, 6.07) is 4.87. The number of ether oxygens (including phenoxy) is 1. The molecule has 2 unspecified atom stereocenters. The molecule has 2 atom stereocenters. The van der Waals surface area contributed by atoms with Crippen molar-refractivity contribution in [2.24, 2.45) is 17.8 Å². The van der Waals surface area contributed by atoms with Gasteiger partial charge in [-0.05, 0) is 75.3 Å². The molecular formula is C28H37FN4O3. The Balaban J connectivity index is 1.02. The number of rotatable bonds is 9. The van der Waals surface area contributed by atoms with E-state index in [2.05, 4.69) is 14.9 Å². The van der Waals surface area contributed by atoms with E-state index >= 15 is 0 Å². The molecule has 3 aliphatic rings. The normalized spacial score (nSPS) is 22.3. The highest BCUT2D eigenvalue weighted by Gasteiger charge is 2.43. The third-order valence-corrected chi connectivity index (χ3v) is 8.08. The Morgan fingerprint density at radius 2 is 1.89 bits per heavy atom. The summed E-state index contributed by atoms with van der Waals surface area (Å²) in [5, 5.41) is 10.1. The van der Waals surface area contributed by atoms with Crippen LogP contribution in [-0.4, -0.2) is 58.7 Å². The highest BCUT2D eigenvalue weighted by Crippen LogP contribution is 2.49. The van der Waals surface area contributed by atoms with Gasteiger partial charge >= 0.3 is 0 Å². The SMILES string of the molecule is CC(C)(O)c1cnc(N2CCC(C3CC3CCOc3ccc(CC(=O)N4CCC4)c(F)c3)CC2)nc1. The molecule has 194 valence electrons. The average Bonchev–Trinajstić information content (AvgIpc) is 3.59. The fourth-order valence-electron chi connectivity index (χ4n) is 5.44. The van der Waals surface area contributed by atoms with Crippen LogP contribution in [0, 0.1) is 23.6 Å². The lowest BCUT2D eigenvalue weighted by Crippen LogP contribution is -2.42. The van der Waals surface area contributed by atoms with Crippen molar-refractivity contribution in [3.63, 3.8) is 0 Å².